The van der Waals surface area contributed by atoms with Crippen LogP contribution in [0.4, 0.5) is 5.69 Å². The smallest absolute Gasteiger partial charge is 0.255 e. The zero-order chi connectivity index (χ0) is 19.0. The predicted molar refractivity (Wildman–Crippen MR) is 104 cm³/mol. The summed E-state index contributed by atoms with van der Waals surface area (Å²) in [5.41, 5.74) is 2.44. The molecule has 7 heteroatoms. The number of aromatic nitrogens is 2. The standard InChI is InChI=1S/C20H23ClN4O2/c1-2-10-25-18(13-3-4-13)16(12-22-25)19(26)23-17-9-11-24(20(17)27)15-7-5-14(21)6-8-15/h5-8,12-13,17H,2-4,9-11H2,1H3,(H,23,26). The van der Waals surface area contributed by atoms with E-state index < -0.39 is 6.04 Å². The van der Waals surface area contributed by atoms with Gasteiger partial charge in [0.05, 0.1) is 17.5 Å². The molecule has 1 atom stereocenters. The Balaban J connectivity index is 1.47. The Labute approximate surface area is 163 Å². The largest absolute Gasteiger partial charge is 0.340 e. The molecule has 142 valence electrons. The van der Waals surface area contributed by atoms with E-state index >= 15 is 0 Å². The summed E-state index contributed by atoms with van der Waals surface area (Å²) in [5.74, 6) is 0.139. The number of benzene rings is 1. The van der Waals surface area contributed by atoms with Gasteiger partial charge in [0.15, 0.2) is 0 Å². The summed E-state index contributed by atoms with van der Waals surface area (Å²) in [4.78, 5) is 27.3. The number of rotatable bonds is 6. The van der Waals surface area contributed by atoms with E-state index in [0.29, 0.717) is 29.5 Å². The minimum absolute atomic E-state index is 0.0837. The molecular weight excluding hydrogens is 364 g/mol. The van der Waals surface area contributed by atoms with E-state index in [2.05, 4.69) is 17.3 Å². The van der Waals surface area contributed by atoms with Crippen molar-refractivity contribution in [2.24, 2.45) is 0 Å². The number of carbonyl (C=O) groups is 2. The van der Waals surface area contributed by atoms with Gasteiger partial charge in [-0.1, -0.05) is 18.5 Å². The van der Waals surface area contributed by atoms with Gasteiger partial charge in [0.25, 0.3) is 5.91 Å². The van der Waals surface area contributed by atoms with E-state index in [1.165, 1.54) is 0 Å². The van der Waals surface area contributed by atoms with Gasteiger partial charge in [-0.15, -0.1) is 0 Å². The molecule has 2 heterocycles. The molecule has 0 spiro atoms. The molecule has 2 aromatic rings. The van der Waals surface area contributed by atoms with Crippen LogP contribution in [0.25, 0.3) is 0 Å². The van der Waals surface area contributed by atoms with Crippen molar-refractivity contribution in [3.05, 3.63) is 46.7 Å². The molecule has 2 fully saturated rings. The van der Waals surface area contributed by atoms with Crippen LogP contribution in [0.5, 0.6) is 0 Å². The zero-order valence-corrected chi connectivity index (χ0v) is 16.1. The molecule has 4 rings (SSSR count). The number of anilines is 1. The van der Waals surface area contributed by atoms with Crippen molar-refractivity contribution in [3.63, 3.8) is 0 Å². The van der Waals surface area contributed by atoms with Gasteiger partial charge in [0, 0.05) is 29.7 Å². The lowest BCUT2D eigenvalue weighted by atomic mass is 10.1. The lowest BCUT2D eigenvalue weighted by Gasteiger charge is -2.17. The molecule has 1 aliphatic carbocycles. The first-order valence-corrected chi connectivity index (χ1v) is 9.89. The third kappa shape index (κ3) is 3.58. The highest BCUT2D eigenvalue weighted by atomic mass is 35.5. The molecule has 2 amide bonds. The van der Waals surface area contributed by atoms with Gasteiger partial charge in [-0.05, 0) is 49.9 Å². The highest BCUT2D eigenvalue weighted by molar-refractivity contribution is 6.30. The second-order valence-electron chi connectivity index (χ2n) is 7.22. The lowest BCUT2D eigenvalue weighted by Crippen LogP contribution is -2.41. The quantitative estimate of drug-likeness (QED) is 0.827. The normalized spacial score (nSPS) is 19.6. The fourth-order valence-corrected chi connectivity index (χ4v) is 3.80. The van der Waals surface area contributed by atoms with E-state index in [1.54, 1.807) is 23.2 Å². The summed E-state index contributed by atoms with van der Waals surface area (Å²) in [5, 5.41) is 7.96. The molecule has 6 nitrogen and oxygen atoms in total. The van der Waals surface area contributed by atoms with E-state index in [-0.39, 0.29) is 11.8 Å². The zero-order valence-electron chi connectivity index (χ0n) is 15.3. The van der Waals surface area contributed by atoms with Crippen LogP contribution in [-0.4, -0.2) is 34.2 Å². The van der Waals surface area contributed by atoms with Crippen LogP contribution in [0.1, 0.15) is 54.6 Å². The number of aryl methyl sites for hydroxylation is 1. The minimum Gasteiger partial charge on any atom is -0.340 e. The van der Waals surface area contributed by atoms with Crippen molar-refractivity contribution < 1.29 is 9.59 Å². The molecule has 0 radical (unpaired) electrons. The van der Waals surface area contributed by atoms with Gasteiger partial charge in [-0.2, -0.15) is 5.10 Å². The molecular formula is C20H23ClN4O2. The number of nitrogens with zero attached hydrogens (tertiary/aromatic N) is 3. The van der Waals surface area contributed by atoms with Crippen LogP contribution in [0.3, 0.4) is 0 Å². The SMILES string of the molecule is CCCn1ncc(C(=O)NC2CCN(c3ccc(Cl)cc3)C2=O)c1C1CC1. The summed E-state index contributed by atoms with van der Waals surface area (Å²) < 4.78 is 1.95. The maximum absolute atomic E-state index is 12.9. The third-order valence-electron chi connectivity index (χ3n) is 5.17. The second-order valence-corrected chi connectivity index (χ2v) is 7.66. The van der Waals surface area contributed by atoms with Crippen LogP contribution in [0, 0.1) is 0 Å². The van der Waals surface area contributed by atoms with Crippen LogP contribution in [-0.2, 0) is 11.3 Å². The Bertz CT molecular complexity index is 857. The lowest BCUT2D eigenvalue weighted by molar-refractivity contribution is -0.118. The topological polar surface area (TPSA) is 67.2 Å². The van der Waals surface area contributed by atoms with Crippen LogP contribution in [0.15, 0.2) is 30.5 Å². The Kier molecular flexibility index (Phi) is 4.91. The molecule has 27 heavy (non-hydrogen) atoms. The Morgan fingerprint density at radius 2 is 2.00 bits per heavy atom. The van der Waals surface area contributed by atoms with Gasteiger partial charge in [-0.25, -0.2) is 0 Å². The molecule has 1 aromatic carbocycles. The van der Waals surface area contributed by atoms with E-state index in [9.17, 15) is 9.59 Å². The maximum atomic E-state index is 12.9. The van der Waals surface area contributed by atoms with Crippen molar-refractivity contribution in [1.82, 2.24) is 15.1 Å². The maximum Gasteiger partial charge on any atom is 0.255 e. The number of hydrogen-bond donors (Lipinski definition) is 1. The minimum atomic E-state index is -0.505. The predicted octanol–water partition coefficient (Wildman–Crippen LogP) is 3.36. The number of nitrogens with one attached hydrogen (secondary N) is 1. The van der Waals surface area contributed by atoms with Crippen molar-refractivity contribution in [2.75, 3.05) is 11.4 Å². The Morgan fingerprint density at radius 3 is 2.67 bits per heavy atom. The molecule has 2 aliphatic rings. The summed E-state index contributed by atoms with van der Waals surface area (Å²) in [7, 11) is 0. The van der Waals surface area contributed by atoms with Crippen molar-refractivity contribution in [3.8, 4) is 0 Å². The van der Waals surface area contributed by atoms with Crippen molar-refractivity contribution in [2.45, 2.75) is 51.1 Å². The summed E-state index contributed by atoms with van der Waals surface area (Å²) in [6.07, 6.45) is 5.41. The van der Waals surface area contributed by atoms with Crippen LogP contribution >= 0.6 is 11.6 Å². The van der Waals surface area contributed by atoms with Gasteiger partial charge < -0.3 is 10.2 Å². The average molecular weight is 387 g/mol. The molecule has 1 aromatic heterocycles. The van der Waals surface area contributed by atoms with E-state index in [1.807, 2.05) is 16.8 Å². The molecule has 1 unspecified atom stereocenters. The van der Waals surface area contributed by atoms with Crippen molar-refractivity contribution in [1.29, 1.82) is 0 Å². The fourth-order valence-electron chi connectivity index (χ4n) is 3.67. The monoisotopic (exact) mass is 386 g/mol. The van der Waals surface area contributed by atoms with Crippen LogP contribution < -0.4 is 10.2 Å². The van der Waals surface area contributed by atoms with Gasteiger partial charge in [0.2, 0.25) is 5.91 Å². The summed E-state index contributed by atoms with van der Waals surface area (Å²) in [6, 6.07) is 6.67. The average Bonchev–Trinajstić information content (AvgIpc) is 3.32. The molecule has 1 saturated heterocycles. The fraction of sp³-hybridized carbons (Fsp3) is 0.450. The molecule has 1 saturated carbocycles. The molecule has 1 aliphatic heterocycles. The third-order valence-corrected chi connectivity index (χ3v) is 5.43. The first-order valence-electron chi connectivity index (χ1n) is 9.52. The number of halogens is 1. The molecule has 1 N–H and O–H groups in total. The van der Waals surface area contributed by atoms with E-state index in [0.717, 1.165) is 37.2 Å². The molecule has 0 bridgehead atoms. The van der Waals surface area contributed by atoms with Crippen molar-refractivity contribution >= 4 is 29.1 Å². The number of amides is 2. The van der Waals surface area contributed by atoms with Gasteiger partial charge in [0.1, 0.15) is 6.04 Å². The van der Waals surface area contributed by atoms with Gasteiger partial charge in [-0.3, -0.25) is 14.3 Å². The van der Waals surface area contributed by atoms with Gasteiger partial charge >= 0.3 is 0 Å². The van der Waals surface area contributed by atoms with E-state index in [4.69, 9.17) is 11.6 Å². The first kappa shape index (κ1) is 18.0. The first-order chi connectivity index (χ1) is 13.1. The summed E-state index contributed by atoms with van der Waals surface area (Å²) >= 11 is 5.92. The summed E-state index contributed by atoms with van der Waals surface area (Å²) in [6.45, 7) is 3.49. The highest BCUT2D eigenvalue weighted by Crippen LogP contribution is 2.41. The van der Waals surface area contributed by atoms with Crippen LogP contribution in [0.2, 0.25) is 5.02 Å². The second kappa shape index (κ2) is 7.35. The number of carbonyl (C=O) groups excluding carboxylic acids is 2. The highest BCUT2D eigenvalue weighted by Gasteiger charge is 2.36. The Morgan fingerprint density at radius 1 is 1.26 bits per heavy atom. The number of hydrogen-bond acceptors (Lipinski definition) is 3. The Hall–Kier alpha value is -2.34.